The van der Waals surface area contributed by atoms with Crippen molar-refractivity contribution in [2.75, 3.05) is 19.7 Å². The van der Waals surface area contributed by atoms with Crippen LogP contribution in [0.2, 0.25) is 0 Å². The van der Waals surface area contributed by atoms with Crippen molar-refractivity contribution in [2.24, 2.45) is 11.7 Å². The highest BCUT2D eigenvalue weighted by molar-refractivity contribution is 5.31. The molecule has 0 spiro atoms. The first-order chi connectivity index (χ1) is 9.58. The van der Waals surface area contributed by atoms with E-state index < -0.39 is 0 Å². The fraction of sp³-hybridized carbons (Fsp3) is 0.647. The van der Waals surface area contributed by atoms with Gasteiger partial charge in [0, 0.05) is 12.1 Å². The highest BCUT2D eigenvalue weighted by Gasteiger charge is 2.25. The number of hydrogen-bond donors (Lipinski definition) is 1. The van der Waals surface area contributed by atoms with Gasteiger partial charge in [-0.05, 0) is 64.3 Å². The van der Waals surface area contributed by atoms with Crippen molar-refractivity contribution >= 4 is 0 Å². The molecule has 1 fully saturated rings. The van der Waals surface area contributed by atoms with Crippen LogP contribution in [0.15, 0.2) is 24.3 Å². The molecule has 1 saturated heterocycles. The topological polar surface area (TPSA) is 38.5 Å². The molecule has 0 radical (unpaired) electrons. The molecule has 3 nitrogen and oxygen atoms in total. The van der Waals surface area contributed by atoms with Gasteiger partial charge in [0.15, 0.2) is 0 Å². The van der Waals surface area contributed by atoms with Crippen LogP contribution in [0.25, 0.3) is 0 Å². The first-order valence-corrected chi connectivity index (χ1v) is 7.76. The average Bonchev–Trinajstić information content (AvgIpc) is 2.46. The van der Waals surface area contributed by atoms with Crippen LogP contribution in [-0.2, 0) is 0 Å². The molecule has 1 heterocycles. The summed E-state index contributed by atoms with van der Waals surface area (Å²) in [5.74, 6) is 1.55. The van der Waals surface area contributed by atoms with Gasteiger partial charge in [-0.15, -0.1) is 0 Å². The van der Waals surface area contributed by atoms with Crippen LogP contribution in [0, 0.1) is 12.8 Å². The Morgan fingerprint density at radius 3 is 2.50 bits per heavy atom. The molecule has 1 aromatic carbocycles. The summed E-state index contributed by atoms with van der Waals surface area (Å²) in [5, 5.41) is 0. The van der Waals surface area contributed by atoms with Crippen molar-refractivity contribution in [3.8, 4) is 5.75 Å². The van der Waals surface area contributed by atoms with E-state index in [-0.39, 0.29) is 6.04 Å². The van der Waals surface area contributed by atoms with Crippen LogP contribution in [0.1, 0.15) is 32.3 Å². The van der Waals surface area contributed by atoms with E-state index in [1.54, 1.807) is 0 Å². The molecule has 1 unspecified atom stereocenters. The molecule has 3 heteroatoms. The zero-order valence-electron chi connectivity index (χ0n) is 13.0. The molecule has 0 saturated carbocycles. The number of likely N-dealkylation sites (tertiary alicyclic amines) is 1. The minimum atomic E-state index is 0.143. The lowest BCUT2D eigenvalue weighted by molar-refractivity contribution is 0.123. The molecular formula is C17H28N2O. The van der Waals surface area contributed by atoms with E-state index in [1.807, 2.05) is 18.2 Å². The molecular weight excluding hydrogens is 248 g/mol. The number of nitrogens with zero attached hydrogens (tertiary/aromatic N) is 1. The van der Waals surface area contributed by atoms with Crippen LogP contribution >= 0.6 is 0 Å². The van der Waals surface area contributed by atoms with Crippen LogP contribution in [-0.4, -0.2) is 36.7 Å². The number of para-hydroxylation sites is 1. The summed E-state index contributed by atoms with van der Waals surface area (Å²) in [7, 11) is 0. The highest BCUT2D eigenvalue weighted by Crippen LogP contribution is 2.22. The Hall–Kier alpha value is -1.06. The molecule has 1 aliphatic rings. The second-order valence-corrected chi connectivity index (χ2v) is 6.21. The van der Waals surface area contributed by atoms with E-state index in [9.17, 15) is 0 Å². The second-order valence-electron chi connectivity index (χ2n) is 6.21. The molecule has 1 aliphatic heterocycles. The van der Waals surface area contributed by atoms with Crippen LogP contribution < -0.4 is 10.5 Å². The van der Waals surface area contributed by atoms with Gasteiger partial charge in [-0.2, -0.15) is 0 Å². The van der Waals surface area contributed by atoms with Gasteiger partial charge in [0.2, 0.25) is 0 Å². The fourth-order valence-corrected chi connectivity index (χ4v) is 2.90. The van der Waals surface area contributed by atoms with Crippen LogP contribution in [0.3, 0.4) is 0 Å². The predicted octanol–water partition coefficient (Wildman–Crippen LogP) is 2.82. The van der Waals surface area contributed by atoms with E-state index in [0.717, 1.165) is 5.75 Å². The van der Waals surface area contributed by atoms with Crippen LogP contribution in [0.5, 0.6) is 5.75 Å². The quantitative estimate of drug-likeness (QED) is 0.898. The maximum Gasteiger partial charge on any atom is 0.122 e. The summed E-state index contributed by atoms with van der Waals surface area (Å²) < 4.78 is 5.89. The molecule has 2 rings (SSSR count). The van der Waals surface area contributed by atoms with Gasteiger partial charge < -0.3 is 15.4 Å². The number of piperidine rings is 1. The zero-order valence-corrected chi connectivity index (χ0v) is 13.0. The summed E-state index contributed by atoms with van der Waals surface area (Å²) in [6, 6.07) is 8.92. The molecule has 112 valence electrons. The summed E-state index contributed by atoms with van der Waals surface area (Å²) in [6.07, 6.45) is 2.38. The number of rotatable bonds is 5. The van der Waals surface area contributed by atoms with Crippen molar-refractivity contribution in [2.45, 2.75) is 45.7 Å². The van der Waals surface area contributed by atoms with E-state index in [2.05, 4.69) is 31.7 Å². The molecule has 1 aromatic rings. The van der Waals surface area contributed by atoms with Crippen LogP contribution in [0.4, 0.5) is 0 Å². The summed E-state index contributed by atoms with van der Waals surface area (Å²) in [6.45, 7) is 9.56. The normalized spacial score (nSPS) is 19.2. The van der Waals surface area contributed by atoms with E-state index in [4.69, 9.17) is 10.5 Å². The molecule has 0 amide bonds. The Bertz CT molecular complexity index is 411. The Kier molecular flexibility index (Phi) is 5.44. The minimum absolute atomic E-state index is 0.143. The molecule has 0 aliphatic carbocycles. The number of hydrogen-bond acceptors (Lipinski definition) is 3. The van der Waals surface area contributed by atoms with Crippen molar-refractivity contribution in [3.05, 3.63) is 29.8 Å². The number of nitrogens with two attached hydrogens (primary N) is 1. The van der Waals surface area contributed by atoms with Gasteiger partial charge in [0.1, 0.15) is 12.4 Å². The number of benzene rings is 1. The SMILES string of the molecule is Cc1ccccc1OCC(N)C1CCN(C(C)C)CC1. The van der Waals surface area contributed by atoms with Crippen molar-refractivity contribution in [1.29, 1.82) is 0 Å². The third kappa shape index (κ3) is 3.97. The Morgan fingerprint density at radius 2 is 1.90 bits per heavy atom. The summed E-state index contributed by atoms with van der Waals surface area (Å²) in [4.78, 5) is 2.53. The van der Waals surface area contributed by atoms with Gasteiger partial charge in [-0.3, -0.25) is 0 Å². The van der Waals surface area contributed by atoms with Gasteiger partial charge in [0.25, 0.3) is 0 Å². The smallest absolute Gasteiger partial charge is 0.122 e. The first-order valence-electron chi connectivity index (χ1n) is 7.76. The lowest BCUT2D eigenvalue weighted by Crippen LogP contribution is -2.45. The molecule has 0 bridgehead atoms. The van der Waals surface area contributed by atoms with Crippen molar-refractivity contribution in [3.63, 3.8) is 0 Å². The monoisotopic (exact) mass is 276 g/mol. The largest absolute Gasteiger partial charge is 0.492 e. The summed E-state index contributed by atoms with van der Waals surface area (Å²) >= 11 is 0. The van der Waals surface area contributed by atoms with Gasteiger partial charge in [0.05, 0.1) is 0 Å². The van der Waals surface area contributed by atoms with E-state index >= 15 is 0 Å². The Morgan fingerprint density at radius 1 is 1.25 bits per heavy atom. The average molecular weight is 276 g/mol. The lowest BCUT2D eigenvalue weighted by atomic mass is 9.90. The van der Waals surface area contributed by atoms with Gasteiger partial charge >= 0.3 is 0 Å². The Labute approximate surface area is 123 Å². The molecule has 0 aromatic heterocycles. The fourth-order valence-electron chi connectivity index (χ4n) is 2.90. The molecule has 2 N–H and O–H groups in total. The van der Waals surface area contributed by atoms with Crippen molar-refractivity contribution < 1.29 is 4.74 Å². The predicted molar refractivity (Wildman–Crippen MR) is 84.1 cm³/mol. The molecule has 20 heavy (non-hydrogen) atoms. The number of aryl methyl sites for hydroxylation is 1. The first kappa shape index (κ1) is 15.3. The zero-order chi connectivity index (χ0) is 14.5. The van der Waals surface area contributed by atoms with Crippen molar-refractivity contribution in [1.82, 2.24) is 4.90 Å². The maximum absolute atomic E-state index is 6.32. The summed E-state index contributed by atoms with van der Waals surface area (Å²) in [5.41, 5.74) is 7.50. The lowest BCUT2D eigenvalue weighted by Gasteiger charge is -2.36. The van der Waals surface area contributed by atoms with Gasteiger partial charge in [-0.25, -0.2) is 0 Å². The second kappa shape index (κ2) is 7.09. The number of ether oxygens (including phenoxy) is 1. The van der Waals surface area contributed by atoms with E-state index in [0.29, 0.717) is 18.6 Å². The van der Waals surface area contributed by atoms with E-state index in [1.165, 1.54) is 31.5 Å². The van der Waals surface area contributed by atoms with Gasteiger partial charge in [-0.1, -0.05) is 18.2 Å². The third-order valence-electron chi connectivity index (χ3n) is 4.43. The highest BCUT2D eigenvalue weighted by atomic mass is 16.5. The standard InChI is InChI=1S/C17H28N2O/c1-13(2)19-10-8-15(9-11-19)16(18)12-20-17-7-5-4-6-14(17)3/h4-7,13,15-16H,8-12,18H2,1-3H3. The minimum Gasteiger partial charge on any atom is -0.492 e. The maximum atomic E-state index is 6.32. The Balaban J connectivity index is 1.79. The third-order valence-corrected chi connectivity index (χ3v) is 4.43. The molecule has 1 atom stereocenters.